The monoisotopic (exact) mass is 279 g/mol. The molecule has 5 heteroatoms. The van der Waals surface area contributed by atoms with Crippen LogP contribution in [0.25, 0.3) is 0 Å². The van der Waals surface area contributed by atoms with Crippen molar-refractivity contribution in [1.82, 2.24) is 4.90 Å². The van der Waals surface area contributed by atoms with Crippen molar-refractivity contribution in [2.45, 2.75) is 26.3 Å². The summed E-state index contributed by atoms with van der Waals surface area (Å²) in [6.07, 6.45) is 0.0877. The van der Waals surface area contributed by atoms with E-state index in [0.29, 0.717) is 18.7 Å². The molecule has 0 aromatic heterocycles. The summed E-state index contributed by atoms with van der Waals surface area (Å²) in [4.78, 5) is 25.1. The number of nitrogens with zero attached hydrogens (tertiary/aromatic N) is 1. The Morgan fingerprint density at radius 2 is 1.95 bits per heavy atom. The van der Waals surface area contributed by atoms with Gasteiger partial charge in [-0.25, -0.2) is 4.79 Å². The van der Waals surface area contributed by atoms with Crippen LogP contribution in [0.3, 0.4) is 0 Å². The molecular weight excluding hydrogens is 258 g/mol. The number of amides is 1. The third-order valence-corrected chi connectivity index (χ3v) is 3.07. The zero-order valence-electron chi connectivity index (χ0n) is 12.1. The van der Waals surface area contributed by atoms with Gasteiger partial charge in [0, 0.05) is 19.7 Å². The first-order valence-corrected chi connectivity index (χ1v) is 6.57. The molecule has 1 amide bonds. The van der Waals surface area contributed by atoms with E-state index in [9.17, 15) is 9.59 Å². The van der Waals surface area contributed by atoms with Crippen molar-refractivity contribution in [2.75, 3.05) is 20.3 Å². The van der Waals surface area contributed by atoms with Gasteiger partial charge in [-0.1, -0.05) is 18.2 Å². The molecule has 0 unspecified atom stereocenters. The van der Waals surface area contributed by atoms with Crippen molar-refractivity contribution in [2.24, 2.45) is 0 Å². The Labute approximate surface area is 119 Å². The highest BCUT2D eigenvalue weighted by molar-refractivity contribution is 5.91. The van der Waals surface area contributed by atoms with Crippen LogP contribution >= 0.6 is 0 Å². The molecule has 0 aliphatic heterocycles. The van der Waals surface area contributed by atoms with Crippen LogP contribution in [0.5, 0.6) is 0 Å². The fourth-order valence-electron chi connectivity index (χ4n) is 2.01. The smallest absolute Gasteiger partial charge is 0.335 e. The van der Waals surface area contributed by atoms with Gasteiger partial charge in [-0.15, -0.1) is 0 Å². The quantitative estimate of drug-likeness (QED) is 0.826. The van der Waals surface area contributed by atoms with E-state index in [-0.39, 0.29) is 23.9 Å². The second-order valence-electron chi connectivity index (χ2n) is 4.81. The average Bonchev–Trinajstić information content (AvgIpc) is 2.39. The van der Waals surface area contributed by atoms with Crippen LogP contribution in [-0.2, 0) is 16.0 Å². The zero-order chi connectivity index (χ0) is 15.1. The standard InChI is InChI=1S/C15H21NO4/c1-11(2)16(8-9-20-3)14(17)10-12-6-4-5-7-13(12)15(18)19/h4-7,11H,8-10H2,1-3H3,(H,18,19). The number of carbonyl (C=O) groups excluding carboxylic acids is 1. The van der Waals surface area contributed by atoms with Gasteiger partial charge in [-0.05, 0) is 25.5 Å². The Bertz CT molecular complexity index is 471. The predicted octanol–water partition coefficient (Wildman–Crippen LogP) is 1.81. The molecule has 110 valence electrons. The SMILES string of the molecule is COCCN(C(=O)Cc1ccccc1C(=O)O)C(C)C. The van der Waals surface area contributed by atoms with Crippen molar-refractivity contribution in [3.63, 3.8) is 0 Å². The minimum absolute atomic E-state index is 0.0506. The molecule has 0 atom stereocenters. The van der Waals surface area contributed by atoms with E-state index in [1.54, 1.807) is 30.2 Å². The van der Waals surface area contributed by atoms with Gasteiger partial charge < -0.3 is 14.7 Å². The van der Waals surface area contributed by atoms with Crippen LogP contribution in [-0.4, -0.2) is 48.2 Å². The van der Waals surface area contributed by atoms with Gasteiger partial charge in [0.25, 0.3) is 0 Å². The average molecular weight is 279 g/mol. The van der Waals surface area contributed by atoms with Crippen LogP contribution in [0, 0.1) is 0 Å². The van der Waals surface area contributed by atoms with Gasteiger partial charge in [0.1, 0.15) is 0 Å². The summed E-state index contributed by atoms with van der Waals surface area (Å²) in [7, 11) is 1.59. The molecule has 1 N–H and O–H groups in total. The summed E-state index contributed by atoms with van der Waals surface area (Å²) >= 11 is 0. The fourth-order valence-corrected chi connectivity index (χ4v) is 2.01. The number of carbonyl (C=O) groups is 2. The molecule has 1 aromatic carbocycles. The number of rotatable bonds is 7. The van der Waals surface area contributed by atoms with Crippen LogP contribution in [0.15, 0.2) is 24.3 Å². The summed E-state index contributed by atoms with van der Waals surface area (Å²) < 4.78 is 5.00. The first-order valence-electron chi connectivity index (χ1n) is 6.57. The summed E-state index contributed by atoms with van der Waals surface area (Å²) in [6, 6.07) is 6.64. The van der Waals surface area contributed by atoms with E-state index in [4.69, 9.17) is 9.84 Å². The lowest BCUT2D eigenvalue weighted by atomic mass is 10.0. The van der Waals surface area contributed by atoms with Crippen molar-refractivity contribution in [1.29, 1.82) is 0 Å². The number of ether oxygens (including phenoxy) is 1. The van der Waals surface area contributed by atoms with Crippen LogP contribution in [0.4, 0.5) is 0 Å². The number of methoxy groups -OCH3 is 1. The minimum Gasteiger partial charge on any atom is -0.478 e. The summed E-state index contributed by atoms with van der Waals surface area (Å²) in [5.41, 5.74) is 0.712. The number of benzene rings is 1. The van der Waals surface area contributed by atoms with Gasteiger partial charge >= 0.3 is 5.97 Å². The van der Waals surface area contributed by atoms with Crippen molar-refractivity contribution < 1.29 is 19.4 Å². The summed E-state index contributed by atoms with van der Waals surface area (Å²) in [6.45, 7) is 4.82. The third kappa shape index (κ3) is 4.35. The van der Waals surface area contributed by atoms with Crippen LogP contribution in [0.1, 0.15) is 29.8 Å². The van der Waals surface area contributed by atoms with Crippen molar-refractivity contribution >= 4 is 11.9 Å². The molecule has 0 fully saturated rings. The Hall–Kier alpha value is -1.88. The van der Waals surface area contributed by atoms with E-state index in [0.717, 1.165) is 0 Å². The van der Waals surface area contributed by atoms with Gasteiger partial charge in [0.15, 0.2) is 0 Å². The summed E-state index contributed by atoms with van der Waals surface area (Å²) in [5, 5.41) is 9.12. The van der Waals surface area contributed by atoms with Crippen molar-refractivity contribution in [3.8, 4) is 0 Å². The van der Waals surface area contributed by atoms with Crippen LogP contribution < -0.4 is 0 Å². The third-order valence-electron chi connectivity index (χ3n) is 3.07. The highest BCUT2D eigenvalue weighted by Gasteiger charge is 2.19. The van der Waals surface area contributed by atoms with E-state index in [1.807, 2.05) is 13.8 Å². The number of hydrogen-bond donors (Lipinski definition) is 1. The molecule has 0 spiro atoms. The molecule has 0 saturated heterocycles. The molecular formula is C15H21NO4. The first kappa shape index (κ1) is 16.2. The number of carboxylic acid groups (broad SMARTS) is 1. The van der Waals surface area contributed by atoms with Gasteiger partial charge in [-0.3, -0.25) is 4.79 Å². The van der Waals surface area contributed by atoms with Crippen LogP contribution in [0.2, 0.25) is 0 Å². The lowest BCUT2D eigenvalue weighted by molar-refractivity contribution is -0.132. The molecule has 0 bridgehead atoms. The lowest BCUT2D eigenvalue weighted by Crippen LogP contribution is -2.40. The normalized spacial score (nSPS) is 10.6. The minimum atomic E-state index is -1.01. The van der Waals surface area contributed by atoms with Gasteiger partial charge in [0.2, 0.25) is 5.91 Å². The maximum atomic E-state index is 12.3. The Morgan fingerprint density at radius 3 is 2.50 bits per heavy atom. The Morgan fingerprint density at radius 1 is 1.30 bits per heavy atom. The second-order valence-corrected chi connectivity index (χ2v) is 4.81. The predicted molar refractivity (Wildman–Crippen MR) is 75.8 cm³/mol. The topological polar surface area (TPSA) is 66.8 Å². The molecule has 1 aromatic rings. The number of hydrogen-bond acceptors (Lipinski definition) is 3. The maximum absolute atomic E-state index is 12.3. The molecule has 1 rings (SSSR count). The van der Waals surface area contributed by atoms with Gasteiger partial charge in [-0.2, -0.15) is 0 Å². The second kappa shape index (κ2) is 7.65. The molecule has 5 nitrogen and oxygen atoms in total. The first-order chi connectivity index (χ1) is 9.47. The maximum Gasteiger partial charge on any atom is 0.335 e. The molecule has 0 heterocycles. The van der Waals surface area contributed by atoms with E-state index >= 15 is 0 Å². The molecule has 0 saturated carbocycles. The number of carboxylic acids is 1. The summed E-state index contributed by atoms with van der Waals surface area (Å²) in [5.74, 6) is -1.10. The van der Waals surface area contributed by atoms with Gasteiger partial charge in [0.05, 0.1) is 18.6 Å². The number of aromatic carboxylic acids is 1. The Kier molecular flexibility index (Phi) is 6.18. The van der Waals surface area contributed by atoms with E-state index in [1.165, 1.54) is 6.07 Å². The lowest BCUT2D eigenvalue weighted by Gasteiger charge is -2.26. The van der Waals surface area contributed by atoms with E-state index < -0.39 is 5.97 Å². The Balaban J connectivity index is 2.85. The molecule has 0 aliphatic carbocycles. The van der Waals surface area contributed by atoms with E-state index in [2.05, 4.69) is 0 Å². The molecule has 0 radical (unpaired) electrons. The highest BCUT2D eigenvalue weighted by Crippen LogP contribution is 2.12. The molecule has 20 heavy (non-hydrogen) atoms. The van der Waals surface area contributed by atoms with Crippen molar-refractivity contribution in [3.05, 3.63) is 35.4 Å². The molecule has 0 aliphatic rings. The fraction of sp³-hybridized carbons (Fsp3) is 0.467. The zero-order valence-corrected chi connectivity index (χ0v) is 12.1. The highest BCUT2D eigenvalue weighted by atomic mass is 16.5. The largest absolute Gasteiger partial charge is 0.478 e.